The Hall–Kier alpha value is -2.50. The summed E-state index contributed by atoms with van der Waals surface area (Å²) >= 11 is 0. The van der Waals surface area contributed by atoms with Crippen LogP contribution in [0.4, 0.5) is 5.69 Å². The molecule has 0 unspecified atom stereocenters. The average Bonchev–Trinajstić information content (AvgIpc) is 2.33. The van der Waals surface area contributed by atoms with Crippen LogP contribution in [0.25, 0.3) is 0 Å². The summed E-state index contributed by atoms with van der Waals surface area (Å²) in [7, 11) is 0. The number of phenols is 1. The number of hydrogen-bond acceptors (Lipinski definition) is 5. The standard InChI is InChI=1S/C11H11N3O3/c1-7-4-8(2-3-10(7)15)14-6-12-5-9(13-14)11(16)17/h2-6,13,15H,1H3,(H,16,17). The van der Waals surface area contributed by atoms with Gasteiger partial charge in [-0.25, -0.2) is 14.8 Å². The van der Waals surface area contributed by atoms with Crippen molar-refractivity contribution in [2.45, 2.75) is 6.92 Å². The average molecular weight is 233 g/mol. The minimum atomic E-state index is -1.08. The predicted octanol–water partition coefficient (Wildman–Crippen LogP) is 0.980. The van der Waals surface area contributed by atoms with Crippen LogP contribution in [0.15, 0.2) is 35.1 Å². The van der Waals surface area contributed by atoms with E-state index in [9.17, 15) is 9.90 Å². The van der Waals surface area contributed by atoms with E-state index in [2.05, 4.69) is 10.4 Å². The number of aliphatic carboxylic acids is 1. The number of rotatable bonds is 2. The van der Waals surface area contributed by atoms with Crippen molar-refractivity contribution < 1.29 is 15.0 Å². The molecule has 6 nitrogen and oxygen atoms in total. The zero-order chi connectivity index (χ0) is 12.4. The van der Waals surface area contributed by atoms with Gasteiger partial charge in [0.2, 0.25) is 0 Å². The van der Waals surface area contributed by atoms with Gasteiger partial charge in [-0.3, -0.25) is 5.43 Å². The lowest BCUT2D eigenvalue weighted by molar-refractivity contribution is -0.133. The van der Waals surface area contributed by atoms with Crippen molar-refractivity contribution in [2.24, 2.45) is 4.99 Å². The Morgan fingerprint density at radius 2 is 2.24 bits per heavy atom. The molecule has 0 aromatic heterocycles. The number of hydrogen-bond donors (Lipinski definition) is 3. The van der Waals surface area contributed by atoms with Crippen molar-refractivity contribution in [3.05, 3.63) is 35.7 Å². The highest BCUT2D eigenvalue weighted by Crippen LogP contribution is 2.22. The topological polar surface area (TPSA) is 85.2 Å². The molecule has 88 valence electrons. The van der Waals surface area contributed by atoms with Crippen LogP contribution in [0, 0.1) is 6.92 Å². The summed E-state index contributed by atoms with van der Waals surface area (Å²) in [6.45, 7) is 1.76. The molecule has 17 heavy (non-hydrogen) atoms. The van der Waals surface area contributed by atoms with Crippen molar-refractivity contribution in [3.63, 3.8) is 0 Å². The molecule has 0 bridgehead atoms. The van der Waals surface area contributed by atoms with E-state index in [4.69, 9.17) is 5.11 Å². The van der Waals surface area contributed by atoms with Gasteiger partial charge in [0, 0.05) is 0 Å². The lowest BCUT2D eigenvalue weighted by atomic mass is 10.2. The normalized spacial score (nSPS) is 14.2. The van der Waals surface area contributed by atoms with Crippen molar-refractivity contribution >= 4 is 18.0 Å². The van der Waals surface area contributed by atoms with Crippen LogP contribution >= 0.6 is 0 Å². The zero-order valence-electron chi connectivity index (χ0n) is 9.08. The highest BCUT2D eigenvalue weighted by atomic mass is 16.4. The van der Waals surface area contributed by atoms with Gasteiger partial charge in [-0.1, -0.05) is 0 Å². The number of anilines is 1. The summed E-state index contributed by atoms with van der Waals surface area (Å²) in [4.78, 5) is 14.6. The maximum atomic E-state index is 10.8. The highest BCUT2D eigenvalue weighted by Gasteiger charge is 2.15. The van der Waals surface area contributed by atoms with Crippen LogP contribution in [0.3, 0.4) is 0 Å². The summed E-state index contributed by atoms with van der Waals surface area (Å²) in [6, 6.07) is 4.92. The molecule has 0 spiro atoms. The van der Waals surface area contributed by atoms with E-state index in [0.29, 0.717) is 11.3 Å². The minimum Gasteiger partial charge on any atom is -0.508 e. The van der Waals surface area contributed by atoms with Gasteiger partial charge in [0.1, 0.15) is 12.1 Å². The first-order valence-electron chi connectivity index (χ1n) is 4.90. The number of benzene rings is 1. The molecule has 3 N–H and O–H groups in total. The Morgan fingerprint density at radius 3 is 2.88 bits per heavy atom. The maximum Gasteiger partial charge on any atom is 0.355 e. The molecule has 6 heteroatoms. The molecule has 2 rings (SSSR count). The zero-order valence-corrected chi connectivity index (χ0v) is 9.08. The van der Waals surface area contributed by atoms with Crippen molar-refractivity contribution in [3.8, 4) is 5.75 Å². The van der Waals surface area contributed by atoms with Gasteiger partial charge in [-0.2, -0.15) is 0 Å². The highest BCUT2D eigenvalue weighted by molar-refractivity contribution is 5.90. The van der Waals surface area contributed by atoms with Gasteiger partial charge in [0.15, 0.2) is 5.70 Å². The van der Waals surface area contributed by atoms with E-state index in [1.54, 1.807) is 25.1 Å². The van der Waals surface area contributed by atoms with E-state index < -0.39 is 5.97 Å². The number of nitrogens with zero attached hydrogens (tertiary/aromatic N) is 2. The maximum absolute atomic E-state index is 10.8. The number of aromatic hydroxyl groups is 1. The van der Waals surface area contributed by atoms with Gasteiger partial charge < -0.3 is 10.2 Å². The molecule has 1 aromatic rings. The Bertz CT molecular complexity index is 523. The van der Waals surface area contributed by atoms with Gasteiger partial charge in [0.25, 0.3) is 0 Å². The molecule has 1 aromatic carbocycles. The van der Waals surface area contributed by atoms with Crippen LogP contribution in [0.1, 0.15) is 5.56 Å². The smallest absolute Gasteiger partial charge is 0.355 e. The first-order chi connectivity index (χ1) is 8.08. The molecular weight excluding hydrogens is 222 g/mol. The van der Waals surface area contributed by atoms with E-state index in [-0.39, 0.29) is 11.4 Å². The van der Waals surface area contributed by atoms with Gasteiger partial charge in [-0.05, 0) is 30.7 Å². The van der Waals surface area contributed by atoms with Crippen molar-refractivity contribution in [2.75, 3.05) is 5.01 Å². The van der Waals surface area contributed by atoms with E-state index in [1.807, 2.05) is 0 Å². The third-order valence-electron chi connectivity index (χ3n) is 2.32. The third-order valence-corrected chi connectivity index (χ3v) is 2.32. The fraction of sp³-hybridized carbons (Fsp3) is 0.0909. The van der Waals surface area contributed by atoms with Gasteiger partial charge in [-0.15, -0.1) is 0 Å². The number of carboxylic acid groups (broad SMARTS) is 1. The monoisotopic (exact) mass is 233 g/mol. The Morgan fingerprint density at radius 1 is 1.47 bits per heavy atom. The molecule has 1 aliphatic heterocycles. The lowest BCUT2D eigenvalue weighted by Crippen LogP contribution is -2.40. The lowest BCUT2D eigenvalue weighted by Gasteiger charge is -2.24. The van der Waals surface area contributed by atoms with Crippen LogP contribution < -0.4 is 10.4 Å². The summed E-state index contributed by atoms with van der Waals surface area (Å²) in [5.74, 6) is -0.890. The number of nitrogens with one attached hydrogen (secondary N) is 1. The number of carboxylic acids is 1. The molecule has 0 aliphatic carbocycles. The Kier molecular flexibility index (Phi) is 2.70. The number of hydrazine groups is 1. The number of carbonyl (C=O) groups is 1. The molecule has 1 heterocycles. The second-order valence-corrected chi connectivity index (χ2v) is 3.57. The predicted molar refractivity (Wildman–Crippen MR) is 62.7 cm³/mol. The molecule has 0 atom stereocenters. The first-order valence-corrected chi connectivity index (χ1v) is 4.90. The van der Waals surface area contributed by atoms with Crippen LogP contribution in [-0.4, -0.2) is 22.5 Å². The molecule has 0 radical (unpaired) electrons. The number of phenolic OH excluding ortho intramolecular Hbond substituents is 1. The first kappa shape index (κ1) is 11.0. The molecule has 0 fully saturated rings. The second-order valence-electron chi connectivity index (χ2n) is 3.57. The third kappa shape index (κ3) is 2.20. The molecule has 0 saturated carbocycles. The van der Waals surface area contributed by atoms with Gasteiger partial charge >= 0.3 is 5.97 Å². The van der Waals surface area contributed by atoms with Crippen molar-refractivity contribution in [1.29, 1.82) is 0 Å². The summed E-state index contributed by atoms with van der Waals surface area (Å²) < 4.78 is 0. The quantitative estimate of drug-likeness (QED) is 0.709. The summed E-state index contributed by atoms with van der Waals surface area (Å²) in [6.07, 6.45) is 2.68. The van der Waals surface area contributed by atoms with Crippen LogP contribution in [0.2, 0.25) is 0 Å². The largest absolute Gasteiger partial charge is 0.508 e. The van der Waals surface area contributed by atoms with Gasteiger partial charge in [0.05, 0.1) is 11.9 Å². The molecule has 0 saturated heterocycles. The summed E-state index contributed by atoms with van der Waals surface area (Å²) in [5, 5.41) is 19.7. The minimum absolute atomic E-state index is 0.0155. The van der Waals surface area contributed by atoms with Crippen LogP contribution in [0.5, 0.6) is 5.75 Å². The SMILES string of the molecule is Cc1cc(N2C=NC=C(C(=O)O)N2)ccc1O. The Labute approximate surface area is 97.5 Å². The van der Waals surface area contributed by atoms with Crippen molar-refractivity contribution in [1.82, 2.24) is 5.43 Å². The fourth-order valence-electron chi connectivity index (χ4n) is 1.39. The Balaban J connectivity index is 2.25. The van der Waals surface area contributed by atoms with E-state index in [0.717, 1.165) is 0 Å². The number of aliphatic imine (C=N–C) groups is 1. The number of aryl methyl sites for hydroxylation is 1. The molecular formula is C11H11N3O3. The second kappa shape index (κ2) is 4.17. The van der Waals surface area contributed by atoms with Crippen LogP contribution in [-0.2, 0) is 4.79 Å². The van der Waals surface area contributed by atoms with E-state index in [1.165, 1.54) is 17.5 Å². The van der Waals surface area contributed by atoms with E-state index >= 15 is 0 Å². The summed E-state index contributed by atoms with van der Waals surface area (Å²) in [5.41, 5.74) is 4.05. The fourth-order valence-corrected chi connectivity index (χ4v) is 1.39. The molecule has 1 aliphatic rings. The molecule has 0 amide bonds.